The molecule has 1 heterocycles. The third-order valence-electron chi connectivity index (χ3n) is 3.76. The van der Waals surface area contributed by atoms with Gasteiger partial charge in [-0.15, -0.1) is 0 Å². The lowest BCUT2D eigenvalue weighted by atomic mass is 10.1. The van der Waals surface area contributed by atoms with Crippen LogP contribution in [0.5, 0.6) is 11.5 Å². The highest BCUT2D eigenvalue weighted by Crippen LogP contribution is 2.40. The second-order valence-electron chi connectivity index (χ2n) is 5.64. The number of hydrogen-bond donors (Lipinski definition) is 0. The monoisotopic (exact) mass is 382 g/mol. The van der Waals surface area contributed by atoms with Crippen LogP contribution in [0.15, 0.2) is 46.9 Å². The standard InChI is InChI=1S/C19H11F5O3/c1-10-3-2-4-15(17(10)16-6-5-12(9-25)26-16)27-18-13(20)7-11(8-14(18)21)19(22,23)24/h2-9H,1H3. The van der Waals surface area contributed by atoms with Crippen LogP contribution < -0.4 is 4.74 Å². The Morgan fingerprint density at radius 1 is 1.04 bits per heavy atom. The van der Waals surface area contributed by atoms with Crippen LogP contribution in [0.4, 0.5) is 22.0 Å². The maximum atomic E-state index is 14.1. The molecule has 0 amide bonds. The molecule has 0 atom stereocenters. The number of benzene rings is 2. The average Bonchev–Trinajstić information content (AvgIpc) is 3.05. The molecule has 0 N–H and O–H groups in total. The summed E-state index contributed by atoms with van der Waals surface area (Å²) >= 11 is 0. The smallest absolute Gasteiger partial charge is 0.416 e. The van der Waals surface area contributed by atoms with E-state index < -0.39 is 29.1 Å². The van der Waals surface area contributed by atoms with Crippen molar-refractivity contribution >= 4 is 6.29 Å². The highest BCUT2D eigenvalue weighted by Gasteiger charge is 2.33. The van der Waals surface area contributed by atoms with E-state index in [-0.39, 0.29) is 29.4 Å². The van der Waals surface area contributed by atoms with Crippen molar-refractivity contribution < 1.29 is 35.9 Å². The Labute approximate surface area is 150 Å². The van der Waals surface area contributed by atoms with Gasteiger partial charge in [0.15, 0.2) is 29.4 Å². The highest BCUT2D eigenvalue weighted by molar-refractivity contribution is 5.75. The maximum Gasteiger partial charge on any atom is 0.416 e. The lowest BCUT2D eigenvalue weighted by molar-refractivity contribution is -0.138. The number of aryl methyl sites for hydroxylation is 1. The minimum absolute atomic E-state index is 0.0334. The summed E-state index contributed by atoms with van der Waals surface area (Å²) in [7, 11) is 0. The number of furan rings is 1. The SMILES string of the molecule is Cc1cccc(Oc2c(F)cc(C(F)(F)F)cc2F)c1-c1ccc(C=O)o1. The van der Waals surface area contributed by atoms with E-state index in [9.17, 15) is 26.7 Å². The van der Waals surface area contributed by atoms with E-state index in [4.69, 9.17) is 9.15 Å². The molecule has 0 spiro atoms. The van der Waals surface area contributed by atoms with Crippen molar-refractivity contribution in [3.8, 4) is 22.8 Å². The second kappa shape index (κ2) is 6.86. The van der Waals surface area contributed by atoms with E-state index in [1.165, 1.54) is 24.3 Å². The molecule has 27 heavy (non-hydrogen) atoms. The van der Waals surface area contributed by atoms with E-state index in [1.807, 2.05) is 0 Å². The maximum absolute atomic E-state index is 14.1. The largest absolute Gasteiger partial charge is 0.453 e. The number of hydrogen-bond acceptors (Lipinski definition) is 3. The first-order valence-electron chi connectivity index (χ1n) is 7.60. The molecular weight excluding hydrogens is 371 g/mol. The molecule has 0 radical (unpaired) electrons. The third kappa shape index (κ3) is 3.69. The van der Waals surface area contributed by atoms with Gasteiger partial charge >= 0.3 is 6.18 Å². The minimum Gasteiger partial charge on any atom is -0.453 e. The summed E-state index contributed by atoms with van der Waals surface area (Å²) in [6.45, 7) is 1.67. The fourth-order valence-corrected chi connectivity index (χ4v) is 2.52. The van der Waals surface area contributed by atoms with Crippen LogP contribution in [0.25, 0.3) is 11.3 Å². The van der Waals surface area contributed by atoms with Crippen molar-refractivity contribution in [2.45, 2.75) is 13.1 Å². The molecule has 0 saturated carbocycles. The van der Waals surface area contributed by atoms with E-state index in [1.54, 1.807) is 13.0 Å². The average molecular weight is 382 g/mol. The predicted molar refractivity (Wildman–Crippen MR) is 85.7 cm³/mol. The lowest BCUT2D eigenvalue weighted by Gasteiger charge is -2.14. The summed E-state index contributed by atoms with van der Waals surface area (Å²) in [5.41, 5.74) is -0.549. The first-order valence-corrected chi connectivity index (χ1v) is 7.60. The fourth-order valence-electron chi connectivity index (χ4n) is 2.52. The Balaban J connectivity index is 2.07. The van der Waals surface area contributed by atoms with Crippen molar-refractivity contribution in [3.05, 3.63) is 71.0 Å². The van der Waals surface area contributed by atoms with Gasteiger partial charge in [0.2, 0.25) is 0 Å². The first kappa shape index (κ1) is 18.6. The Kier molecular flexibility index (Phi) is 4.73. The van der Waals surface area contributed by atoms with E-state index in [0.717, 1.165) is 0 Å². The van der Waals surface area contributed by atoms with Gasteiger partial charge in [-0.3, -0.25) is 4.79 Å². The second-order valence-corrected chi connectivity index (χ2v) is 5.64. The minimum atomic E-state index is -4.89. The van der Waals surface area contributed by atoms with Crippen molar-refractivity contribution in [2.75, 3.05) is 0 Å². The number of carbonyl (C=O) groups excluding carboxylic acids is 1. The number of rotatable bonds is 4. The topological polar surface area (TPSA) is 39.4 Å². The zero-order valence-electron chi connectivity index (χ0n) is 13.7. The Morgan fingerprint density at radius 2 is 1.70 bits per heavy atom. The van der Waals surface area contributed by atoms with Gasteiger partial charge in [-0.25, -0.2) is 8.78 Å². The van der Waals surface area contributed by atoms with Crippen molar-refractivity contribution in [3.63, 3.8) is 0 Å². The molecule has 3 aromatic rings. The summed E-state index contributed by atoms with van der Waals surface area (Å²) in [5.74, 6) is -3.77. The molecule has 1 aromatic heterocycles. The molecule has 3 rings (SSSR count). The Morgan fingerprint density at radius 3 is 2.26 bits per heavy atom. The van der Waals surface area contributed by atoms with Gasteiger partial charge in [0, 0.05) is 0 Å². The summed E-state index contributed by atoms with van der Waals surface area (Å²) < 4.78 is 76.7. The molecule has 0 unspecified atom stereocenters. The summed E-state index contributed by atoms with van der Waals surface area (Å²) in [6, 6.07) is 7.77. The molecular formula is C19H11F5O3. The van der Waals surface area contributed by atoms with Crippen LogP contribution in [0.2, 0.25) is 0 Å². The van der Waals surface area contributed by atoms with Gasteiger partial charge in [-0.2, -0.15) is 13.2 Å². The Hall–Kier alpha value is -3.16. The number of aldehydes is 1. The van der Waals surface area contributed by atoms with Crippen LogP contribution in [0, 0.1) is 18.6 Å². The molecule has 0 aliphatic rings. The van der Waals surface area contributed by atoms with Crippen LogP contribution >= 0.6 is 0 Å². The van der Waals surface area contributed by atoms with Crippen LogP contribution in [-0.2, 0) is 6.18 Å². The van der Waals surface area contributed by atoms with Gasteiger partial charge in [-0.05, 0) is 42.8 Å². The van der Waals surface area contributed by atoms with Crippen molar-refractivity contribution in [1.29, 1.82) is 0 Å². The van der Waals surface area contributed by atoms with Crippen molar-refractivity contribution in [1.82, 2.24) is 0 Å². The number of alkyl halides is 3. The van der Waals surface area contributed by atoms with Crippen LogP contribution in [0.3, 0.4) is 0 Å². The summed E-state index contributed by atoms with van der Waals surface area (Å²) in [5, 5.41) is 0. The number of carbonyl (C=O) groups is 1. The molecule has 2 aromatic carbocycles. The molecule has 0 saturated heterocycles. The highest BCUT2D eigenvalue weighted by atomic mass is 19.4. The van der Waals surface area contributed by atoms with Gasteiger partial charge in [0.1, 0.15) is 11.5 Å². The molecule has 0 fully saturated rings. The van der Waals surface area contributed by atoms with Crippen LogP contribution in [0.1, 0.15) is 21.7 Å². The normalized spacial score (nSPS) is 11.5. The predicted octanol–water partition coefficient (Wildman–Crippen LogP) is 6.16. The van der Waals surface area contributed by atoms with Gasteiger partial charge in [0.25, 0.3) is 0 Å². The fraction of sp³-hybridized carbons (Fsp3) is 0.105. The summed E-state index contributed by atoms with van der Waals surface area (Å²) in [6.07, 6.45) is -4.41. The van der Waals surface area contributed by atoms with Gasteiger partial charge in [-0.1, -0.05) is 12.1 Å². The summed E-state index contributed by atoms with van der Waals surface area (Å²) in [4.78, 5) is 10.8. The van der Waals surface area contributed by atoms with E-state index in [2.05, 4.69) is 0 Å². The molecule has 0 bridgehead atoms. The molecule has 8 heteroatoms. The van der Waals surface area contributed by atoms with E-state index >= 15 is 0 Å². The zero-order valence-corrected chi connectivity index (χ0v) is 13.7. The first-order chi connectivity index (χ1) is 12.7. The molecule has 140 valence electrons. The number of ether oxygens (including phenoxy) is 1. The molecule has 3 nitrogen and oxygen atoms in total. The zero-order chi connectivity index (χ0) is 19.8. The molecule has 0 aliphatic carbocycles. The third-order valence-corrected chi connectivity index (χ3v) is 3.76. The lowest BCUT2D eigenvalue weighted by Crippen LogP contribution is -2.07. The van der Waals surface area contributed by atoms with E-state index in [0.29, 0.717) is 17.4 Å². The van der Waals surface area contributed by atoms with Crippen molar-refractivity contribution in [2.24, 2.45) is 0 Å². The van der Waals surface area contributed by atoms with Gasteiger partial charge < -0.3 is 9.15 Å². The number of halogens is 5. The Bertz CT molecular complexity index is 982. The quantitative estimate of drug-likeness (QED) is 0.401. The van der Waals surface area contributed by atoms with Gasteiger partial charge in [0.05, 0.1) is 11.1 Å². The molecule has 0 aliphatic heterocycles. The van der Waals surface area contributed by atoms with Crippen LogP contribution in [-0.4, -0.2) is 6.29 Å².